The SMILES string of the molecule is CC1=C(C)C2(C)C(C)(C)C(C)=C(C)C(C)(C(C)(C)C1(C)C)C(C)(C)C(C)(C)C2(C)C. The molecule has 3 aliphatic rings. The maximum atomic E-state index is 2.61. The fourth-order valence-corrected chi connectivity index (χ4v) is 8.62. The molecule has 30 heavy (non-hydrogen) atoms. The minimum Gasteiger partial charge on any atom is -0.0676 e. The first-order valence-corrected chi connectivity index (χ1v) is 12.2. The molecule has 0 aromatic rings. The highest BCUT2D eigenvalue weighted by Crippen LogP contribution is 2.79. The predicted molar refractivity (Wildman–Crippen MR) is 136 cm³/mol. The molecule has 0 aromatic heterocycles. The molecule has 0 heteroatoms. The van der Waals surface area contributed by atoms with Crippen molar-refractivity contribution in [2.24, 2.45) is 43.3 Å². The van der Waals surface area contributed by atoms with E-state index in [-0.39, 0.29) is 43.3 Å². The Balaban J connectivity index is 3.47. The third-order valence-corrected chi connectivity index (χ3v) is 14.2. The van der Waals surface area contributed by atoms with E-state index in [4.69, 9.17) is 0 Å². The van der Waals surface area contributed by atoms with Crippen molar-refractivity contribution in [1.29, 1.82) is 0 Å². The molecule has 2 atom stereocenters. The Kier molecular flexibility index (Phi) is 5.22. The fraction of sp³-hybridized carbons (Fsp3) is 0.867. The lowest BCUT2D eigenvalue weighted by Gasteiger charge is -2.72. The molecule has 0 radical (unpaired) electrons. The van der Waals surface area contributed by atoms with Gasteiger partial charge in [0.1, 0.15) is 0 Å². The molecular weight excluding hydrogens is 360 g/mol. The monoisotopic (exact) mass is 414 g/mol. The zero-order valence-corrected chi connectivity index (χ0v) is 24.0. The molecule has 0 N–H and O–H groups in total. The average molecular weight is 415 g/mol. The van der Waals surface area contributed by atoms with Crippen LogP contribution < -0.4 is 0 Å². The fourth-order valence-electron chi connectivity index (χ4n) is 8.62. The second kappa shape index (κ2) is 6.08. The van der Waals surface area contributed by atoms with Crippen LogP contribution in [0.4, 0.5) is 0 Å². The zero-order valence-electron chi connectivity index (χ0n) is 24.0. The molecule has 0 aliphatic heterocycles. The van der Waals surface area contributed by atoms with Crippen LogP contribution in [0.5, 0.6) is 0 Å². The van der Waals surface area contributed by atoms with Crippen LogP contribution in [0.25, 0.3) is 0 Å². The Bertz CT molecular complexity index is 818. The molecule has 0 spiro atoms. The molecule has 0 aromatic carbocycles. The van der Waals surface area contributed by atoms with Gasteiger partial charge in [0.25, 0.3) is 0 Å². The first-order valence-electron chi connectivity index (χ1n) is 12.2. The predicted octanol–water partition coefficient (Wildman–Crippen LogP) is 9.86. The number of allylic oxidation sites excluding steroid dienone is 4. The molecule has 0 fully saturated rings. The van der Waals surface area contributed by atoms with Gasteiger partial charge >= 0.3 is 0 Å². The Labute approximate surface area is 190 Å². The van der Waals surface area contributed by atoms with Crippen LogP contribution in [0.3, 0.4) is 0 Å². The maximum absolute atomic E-state index is 2.61. The lowest BCUT2D eigenvalue weighted by atomic mass is 9.32. The molecule has 0 saturated carbocycles. The molecule has 0 amide bonds. The summed E-state index contributed by atoms with van der Waals surface area (Å²) in [5, 5.41) is 0. The summed E-state index contributed by atoms with van der Waals surface area (Å²) in [6.45, 7) is 45.7. The second-order valence-electron chi connectivity index (χ2n) is 14.5. The standard InChI is InChI=1S/C30H54/c1-19-21(3)29(17)24(7,8)20(2)22(4)30(18,25(9,10)23(19,5)6)28(15,16)26(11,12)27(29,13)14/h1-18H3. The molecule has 0 heterocycles. The van der Waals surface area contributed by atoms with Gasteiger partial charge in [0.15, 0.2) is 0 Å². The van der Waals surface area contributed by atoms with E-state index in [1.165, 1.54) is 0 Å². The van der Waals surface area contributed by atoms with Gasteiger partial charge in [0.05, 0.1) is 0 Å². The summed E-state index contributed by atoms with van der Waals surface area (Å²) >= 11 is 0. The number of rotatable bonds is 0. The first kappa shape index (κ1) is 25.7. The van der Waals surface area contributed by atoms with E-state index in [1.807, 2.05) is 0 Å². The Morgan fingerprint density at radius 2 is 0.600 bits per heavy atom. The van der Waals surface area contributed by atoms with Crippen molar-refractivity contribution in [3.63, 3.8) is 0 Å². The van der Waals surface area contributed by atoms with Gasteiger partial charge < -0.3 is 0 Å². The van der Waals surface area contributed by atoms with Crippen LogP contribution in [0.15, 0.2) is 22.3 Å². The Hall–Kier alpha value is -0.520. The van der Waals surface area contributed by atoms with Gasteiger partial charge in [0.2, 0.25) is 0 Å². The summed E-state index contributed by atoms with van der Waals surface area (Å²) in [6.07, 6.45) is 0. The minimum atomic E-state index is 0.0230. The molecule has 174 valence electrons. The van der Waals surface area contributed by atoms with Gasteiger partial charge in [-0.2, -0.15) is 0 Å². The summed E-state index contributed by atoms with van der Waals surface area (Å²) in [5.41, 5.74) is 6.93. The Morgan fingerprint density at radius 1 is 0.300 bits per heavy atom. The van der Waals surface area contributed by atoms with E-state index in [9.17, 15) is 0 Å². The van der Waals surface area contributed by atoms with Crippen LogP contribution >= 0.6 is 0 Å². The highest BCUT2D eigenvalue weighted by molar-refractivity contribution is 5.44. The lowest BCUT2D eigenvalue weighted by Crippen LogP contribution is -2.66. The number of fused-ring (bicyclic) bond motifs is 5. The van der Waals surface area contributed by atoms with Gasteiger partial charge in [-0.3, -0.25) is 0 Å². The van der Waals surface area contributed by atoms with Crippen molar-refractivity contribution >= 4 is 0 Å². The zero-order chi connectivity index (χ0) is 24.3. The molecule has 2 unspecified atom stereocenters. The molecule has 3 aliphatic carbocycles. The second-order valence-corrected chi connectivity index (χ2v) is 14.5. The molecule has 0 nitrogen and oxygen atoms in total. The highest BCUT2D eigenvalue weighted by Gasteiger charge is 2.72. The highest BCUT2D eigenvalue weighted by atomic mass is 14.8. The van der Waals surface area contributed by atoms with Crippen LogP contribution in [0.1, 0.15) is 125 Å². The van der Waals surface area contributed by atoms with Crippen molar-refractivity contribution in [3.05, 3.63) is 22.3 Å². The van der Waals surface area contributed by atoms with Crippen molar-refractivity contribution in [2.45, 2.75) is 125 Å². The van der Waals surface area contributed by atoms with Crippen molar-refractivity contribution in [2.75, 3.05) is 0 Å². The van der Waals surface area contributed by atoms with Crippen molar-refractivity contribution in [1.82, 2.24) is 0 Å². The van der Waals surface area contributed by atoms with Gasteiger partial charge in [-0.15, -0.1) is 0 Å². The van der Waals surface area contributed by atoms with Crippen molar-refractivity contribution in [3.8, 4) is 0 Å². The summed E-state index contributed by atoms with van der Waals surface area (Å²) < 4.78 is 0. The van der Waals surface area contributed by atoms with Crippen molar-refractivity contribution < 1.29 is 0 Å². The molecule has 2 bridgehead atoms. The van der Waals surface area contributed by atoms with Gasteiger partial charge in [-0.1, -0.05) is 119 Å². The van der Waals surface area contributed by atoms with Crippen LogP contribution in [-0.4, -0.2) is 0 Å². The van der Waals surface area contributed by atoms with E-state index >= 15 is 0 Å². The quantitative estimate of drug-likeness (QED) is 0.346. The summed E-state index contributed by atoms with van der Waals surface area (Å²) in [7, 11) is 0. The van der Waals surface area contributed by atoms with Gasteiger partial charge in [-0.25, -0.2) is 0 Å². The number of hydrogen-bond acceptors (Lipinski definition) is 0. The van der Waals surface area contributed by atoms with Gasteiger partial charge in [-0.05, 0) is 65.6 Å². The van der Waals surface area contributed by atoms with E-state index in [1.54, 1.807) is 22.3 Å². The van der Waals surface area contributed by atoms with E-state index in [0.29, 0.717) is 0 Å². The van der Waals surface area contributed by atoms with Gasteiger partial charge in [0, 0.05) is 5.41 Å². The largest absolute Gasteiger partial charge is 0.0676 e. The molecular formula is C30H54. The smallest absolute Gasteiger partial charge is 0.00283 e. The van der Waals surface area contributed by atoms with Crippen LogP contribution in [-0.2, 0) is 0 Å². The van der Waals surface area contributed by atoms with Crippen LogP contribution in [0, 0.1) is 43.3 Å². The minimum absolute atomic E-state index is 0.0230. The first-order chi connectivity index (χ1) is 12.9. The Morgan fingerprint density at radius 3 is 1.00 bits per heavy atom. The van der Waals surface area contributed by atoms with E-state index in [2.05, 4.69) is 125 Å². The summed E-state index contributed by atoms with van der Waals surface area (Å²) in [6, 6.07) is 0. The molecule has 3 rings (SSSR count). The lowest BCUT2D eigenvalue weighted by molar-refractivity contribution is -0.194. The summed E-state index contributed by atoms with van der Waals surface area (Å²) in [4.78, 5) is 0. The number of hydrogen-bond donors (Lipinski definition) is 0. The summed E-state index contributed by atoms with van der Waals surface area (Å²) in [5.74, 6) is 0. The van der Waals surface area contributed by atoms with E-state index in [0.717, 1.165) is 0 Å². The third-order valence-electron chi connectivity index (χ3n) is 14.2. The maximum Gasteiger partial charge on any atom is 0.00283 e. The van der Waals surface area contributed by atoms with E-state index < -0.39 is 0 Å². The third kappa shape index (κ3) is 2.16. The van der Waals surface area contributed by atoms with Crippen LogP contribution in [0.2, 0.25) is 0 Å². The topological polar surface area (TPSA) is 0 Å². The normalized spacial score (nSPS) is 38.6. The molecule has 0 saturated heterocycles. The average Bonchev–Trinajstić information content (AvgIpc) is 2.61.